The summed E-state index contributed by atoms with van der Waals surface area (Å²) in [5.74, 6) is -1.76. The maximum Gasteiger partial charge on any atom is 0.309 e. The molecule has 30 heavy (non-hydrogen) atoms. The van der Waals surface area contributed by atoms with Gasteiger partial charge in [-0.25, -0.2) is 4.98 Å². The zero-order valence-electron chi connectivity index (χ0n) is 15.8. The number of rotatable bonds is 5. The molecule has 11 heteroatoms. The Labute approximate surface area is 175 Å². The third-order valence-corrected chi connectivity index (χ3v) is 5.62. The summed E-state index contributed by atoms with van der Waals surface area (Å²) in [6, 6.07) is 3.03. The van der Waals surface area contributed by atoms with Crippen LogP contribution in [0.25, 0.3) is 11.1 Å². The van der Waals surface area contributed by atoms with Crippen LogP contribution in [0.2, 0.25) is 5.02 Å². The molecule has 10 nitrogen and oxygen atoms in total. The van der Waals surface area contributed by atoms with Crippen LogP contribution < -0.4 is 0 Å². The number of aryl methyl sites for hydroxylation is 1. The predicted molar refractivity (Wildman–Crippen MR) is 99.5 cm³/mol. The van der Waals surface area contributed by atoms with Crippen molar-refractivity contribution in [3.05, 3.63) is 28.6 Å². The minimum Gasteiger partial charge on any atom is -0.463 e. The molecule has 0 radical (unpaired) electrons. The number of benzene rings is 1. The Morgan fingerprint density at radius 3 is 2.63 bits per heavy atom. The number of esters is 1. The fourth-order valence-corrected chi connectivity index (χ4v) is 3.80. The molecule has 4 rings (SSSR count). The monoisotopic (exact) mass is 441 g/mol. The number of oxazole rings is 1. The molecule has 3 unspecified atom stereocenters. The van der Waals surface area contributed by atoms with Gasteiger partial charge in [0.05, 0.1) is 10.9 Å². The number of aromatic nitrogens is 1. The third kappa shape index (κ3) is 3.82. The first kappa shape index (κ1) is 21.2. The van der Waals surface area contributed by atoms with Gasteiger partial charge in [0, 0.05) is 18.4 Å². The van der Waals surface area contributed by atoms with Crippen molar-refractivity contribution in [1.82, 2.24) is 4.98 Å². The number of hydrogen-bond acceptors (Lipinski definition) is 10. The summed E-state index contributed by atoms with van der Waals surface area (Å²) in [7, 11) is 0. The van der Waals surface area contributed by atoms with E-state index in [2.05, 4.69) is 4.98 Å². The lowest BCUT2D eigenvalue weighted by atomic mass is 9.99. The molecule has 7 atom stereocenters. The summed E-state index contributed by atoms with van der Waals surface area (Å²) in [6.45, 7) is 1.21. The summed E-state index contributed by atoms with van der Waals surface area (Å²) in [5.41, 5.74) is 1.15. The van der Waals surface area contributed by atoms with Gasteiger partial charge in [-0.2, -0.15) is 0 Å². The highest BCUT2D eigenvalue weighted by atomic mass is 35.5. The van der Waals surface area contributed by atoms with Crippen molar-refractivity contribution >= 4 is 34.5 Å². The van der Waals surface area contributed by atoms with Crippen LogP contribution in [0.3, 0.4) is 0 Å². The van der Waals surface area contributed by atoms with Crippen molar-refractivity contribution in [1.29, 1.82) is 0 Å². The number of aliphatic hydroxyl groups is 4. The van der Waals surface area contributed by atoms with E-state index in [1.807, 2.05) is 0 Å². The summed E-state index contributed by atoms with van der Waals surface area (Å²) in [4.78, 5) is 29.2. The van der Waals surface area contributed by atoms with Gasteiger partial charge in [-0.3, -0.25) is 9.59 Å². The van der Waals surface area contributed by atoms with Crippen molar-refractivity contribution in [2.45, 2.75) is 44.1 Å². The average molecular weight is 442 g/mol. The predicted octanol–water partition coefficient (Wildman–Crippen LogP) is -0.0485. The van der Waals surface area contributed by atoms with E-state index in [1.54, 1.807) is 13.0 Å². The lowest BCUT2D eigenvalue weighted by molar-refractivity contribution is -0.287. The number of aliphatic hydroxyl groups excluding tert-OH is 4. The number of hydrogen-bond donors (Lipinski definition) is 4. The van der Waals surface area contributed by atoms with Gasteiger partial charge in [0.25, 0.3) is 0 Å². The van der Waals surface area contributed by atoms with Crippen molar-refractivity contribution in [2.75, 3.05) is 6.61 Å². The van der Waals surface area contributed by atoms with Gasteiger partial charge in [-0.15, -0.1) is 0 Å². The van der Waals surface area contributed by atoms with E-state index in [4.69, 9.17) is 25.5 Å². The van der Waals surface area contributed by atoms with E-state index in [-0.39, 0.29) is 10.8 Å². The molecule has 1 saturated carbocycles. The Morgan fingerprint density at radius 1 is 1.17 bits per heavy atom. The fourth-order valence-electron chi connectivity index (χ4n) is 3.54. The highest BCUT2D eigenvalue weighted by Crippen LogP contribution is 2.43. The van der Waals surface area contributed by atoms with Gasteiger partial charge in [-0.1, -0.05) is 11.6 Å². The lowest BCUT2D eigenvalue weighted by Crippen LogP contribution is -2.58. The fraction of sp³-hybridized carbons (Fsp3) is 0.526. The SMILES string of the molecule is Cc1nc2cc(C(=O)[C@H]3C[C@@H]3C(=O)OCC3OC(O)[C@H](O)[C@@H](O)C3O)cc(Cl)c2o1. The molecule has 2 aliphatic rings. The molecular formula is C19H20ClNO9. The van der Waals surface area contributed by atoms with Gasteiger partial charge in [0.2, 0.25) is 0 Å². The summed E-state index contributed by atoms with van der Waals surface area (Å²) in [5, 5.41) is 38.8. The Balaban J connectivity index is 1.36. The van der Waals surface area contributed by atoms with Crippen LogP contribution in [0.5, 0.6) is 0 Å². The third-order valence-electron chi connectivity index (χ3n) is 5.34. The second-order valence-corrected chi connectivity index (χ2v) is 7.93. The lowest BCUT2D eigenvalue weighted by Gasteiger charge is -2.37. The topological polar surface area (TPSA) is 160 Å². The van der Waals surface area contributed by atoms with Crippen LogP contribution in [0.15, 0.2) is 16.5 Å². The molecule has 2 fully saturated rings. The molecule has 162 valence electrons. The van der Waals surface area contributed by atoms with Crippen LogP contribution in [-0.2, 0) is 14.3 Å². The zero-order chi connectivity index (χ0) is 21.7. The second kappa shape index (κ2) is 7.88. The van der Waals surface area contributed by atoms with E-state index in [1.165, 1.54) is 6.07 Å². The number of ketones is 1. The largest absolute Gasteiger partial charge is 0.463 e. The summed E-state index contributed by atoms with van der Waals surface area (Å²) < 4.78 is 15.4. The van der Waals surface area contributed by atoms with Gasteiger partial charge in [0.15, 0.2) is 23.5 Å². The molecule has 2 aromatic rings. The summed E-state index contributed by atoms with van der Waals surface area (Å²) >= 11 is 6.15. The van der Waals surface area contributed by atoms with Gasteiger partial charge >= 0.3 is 5.97 Å². The number of Topliss-reactive ketones (excluding diaryl/α,β-unsaturated/α-hetero) is 1. The van der Waals surface area contributed by atoms with Crippen molar-refractivity contribution < 1.29 is 43.9 Å². The van der Waals surface area contributed by atoms with Crippen LogP contribution in [0.4, 0.5) is 0 Å². The van der Waals surface area contributed by atoms with Gasteiger partial charge in [0.1, 0.15) is 36.5 Å². The Morgan fingerprint density at radius 2 is 1.90 bits per heavy atom. The van der Waals surface area contributed by atoms with E-state index >= 15 is 0 Å². The molecule has 1 aromatic heterocycles. The first-order chi connectivity index (χ1) is 14.2. The molecule has 2 heterocycles. The normalized spacial score (nSPS) is 33.5. The zero-order valence-corrected chi connectivity index (χ0v) is 16.5. The van der Waals surface area contributed by atoms with Crippen LogP contribution in [0, 0.1) is 18.8 Å². The minimum absolute atomic E-state index is 0.249. The number of halogens is 1. The Hall–Kier alpha value is -2.08. The highest BCUT2D eigenvalue weighted by molar-refractivity contribution is 6.35. The molecule has 1 aromatic carbocycles. The first-order valence-electron chi connectivity index (χ1n) is 9.32. The number of ether oxygens (including phenoxy) is 2. The number of carbonyl (C=O) groups is 2. The van der Waals surface area contributed by atoms with E-state index in [0.717, 1.165) is 0 Å². The van der Waals surface area contributed by atoms with Gasteiger partial charge in [-0.05, 0) is 18.6 Å². The molecule has 0 spiro atoms. The van der Waals surface area contributed by atoms with Crippen LogP contribution in [0.1, 0.15) is 22.7 Å². The molecule has 0 bridgehead atoms. The van der Waals surface area contributed by atoms with Gasteiger partial charge < -0.3 is 34.3 Å². The second-order valence-electron chi connectivity index (χ2n) is 7.52. The standard InChI is InChI=1S/C19H20ClNO9/c1-6-21-11-3-7(2-10(20)17(11)29-6)13(22)8-4-9(8)18(26)28-5-12-14(23)15(24)16(25)19(27)30-12/h2-3,8-9,12,14-16,19,23-25,27H,4-5H2,1H3/t8-,9-,12?,14?,15-,16+,19?/m0/s1. The average Bonchev–Trinajstić information content (AvgIpc) is 3.42. The van der Waals surface area contributed by atoms with E-state index in [9.17, 15) is 30.0 Å². The smallest absolute Gasteiger partial charge is 0.309 e. The molecule has 0 amide bonds. The number of fused-ring (bicyclic) bond motifs is 1. The van der Waals surface area contributed by atoms with Crippen LogP contribution >= 0.6 is 11.6 Å². The molecular weight excluding hydrogens is 422 g/mol. The van der Waals surface area contributed by atoms with Crippen molar-refractivity contribution in [2.24, 2.45) is 11.8 Å². The maximum atomic E-state index is 12.7. The summed E-state index contributed by atoms with van der Waals surface area (Å²) in [6.07, 6.45) is -7.51. The molecule has 1 saturated heterocycles. The molecule has 1 aliphatic carbocycles. The number of nitrogens with zero attached hydrogens (tertiary/aromatic N) is 1. The first-order valence-corrected chi connectivity index (χ1v) is 9.70. The van der Waals surface area contributed by atoms with E-state index < -0.39 is 55.1 Å². The van der Waals surface area contributed by atoms with Crippen LogP contribution in [-0.4, -0.2) is 74.5 Å². The maximum absolute atomic E-state index is 12.7. The molecule has 4 N–H and O–H groups in total. The Bertz CT molecular complexity index is 992. The number of carbonyl (C=O) groups excluding carboxylic acids is 2. The van der Waals surface area contributed by atoms with Crippen molar-refractivity contribution in [3.8, 4) is 0 Å². The van der Waals surface area contributed by atoms with E-state index in [0.29, 0.717) is 29.0 Å². The minimum atomic E-state index is -1.72. The highest BCUT2D eigenvalue weighted by Gasteiger charge is 2.50. The quantitative estimate of drug-likeness (QED) is 0.366. The Kier molecular flexibility index (Phi) is 5.56. The molecule has 1 aliphatic heterocycles. The van der Waals surface area contributed by atoms with Crippen molar-refractivity contribution in [3.63, 3.8) is 0 Å².